The summed E-state index contributed by atoms with van der Waals surface area (Å²) in [5, 5.41) is 8.83. The number of thiol groups is 1. The first-order valence-corrected chi connectivity index (χ1v) is 2.45. The molecule has 9 heavy (non-hydrogen) atoms. The van der Waals surface area contributed by atoms with E-state index in [9.17, 15) is 4.79 Å². The van der Waals surface area contributed by atoms with E-state index in [4.69, 9.17) is 11.1 Å². The van der Waals surface area contributed by atoms with Gasteiger partial charge in [0.2, 0.25) is 0 Å². The molecule has 0 fully saturated rings. The van der Waals surface area contributed by atoms with Crippen molar-refractivity contribution in [3.05, 3.63) is 0 Å². The molecule has 0 aliphatic carbocycles. The van der Waals surface area contributed by atoms with Gasteiger partial charge in [-0.1, -0.05) is 0 Å². The molecular formula is C3H7N3O2S. The first kappa shape index (κ1) is 8.09. The number of hydrogen-bond acceptors (Lipinski definition) is 4. The minimum absolute atomic E-state index is 0.126. The predicted molar refractivity (Wildman–Crippen MR) is 35.0 cm³/mol. The van der Waals surface area contributed by atoms with E-state index in [0.29, 0.717) is 0 Å². The second-order valence-electron chi connectivity index (χ2n) is 1.23. The van der Waals surface area contributed by atoms with Crippen molar-refractivity contribution in [2.75, 3.05) is 6.54 Å². The molecule has 0 saturated heterocycles. The third-order valence-corrected chi connectivity index (χ3v) is 0.729. The maximum absolute atomic E-state index is 10.2. The zero-order valence-electron chi connectivity index (χ0n) is 4.55. The number of guanidine groups is 1. The summed E-state index contributed by atoms with van der Waals surface area (Å²) in [6, 6.07) is 0. The number of carbonyl (C=O) groups is 1. The maximum Gasteiger partial charge on any atom is 0.337 e. The Kier molecular flexibility index (Phi) is 3.61. The van der Waals surface area contributed by atoms with Crippen LogP contribution in [0.5, 0.6) is 0 Å². The third-order valence-electron chi connectivity index (χ3n) is 0.525. The van der Waals surface area contributed by atoms with Gasteiger partial charge in [0.1, 0.15) is 6.54 Å². The lowest BCUT2D eigenvalue weighted by Gasteiger charge is -1.98. The Bertz CT molecular complexity index is 126. The van der Waals surface area contributed by atoms with Crippen molar-refractivity contribution in [3.8, 4) is 0 Å². The van der Waals surface area contributed by atoms with E-state index < -0.39 is 5.97 Å². The van der Waals surface area contributed by atoms with E-state index >= 15 is 0 Å². The van der Waals surface area contributed by atoms with Gasteiger partial charge in [0.15, 0.2) is 5.96 Å². The minimum Gasteiger partial charge on any atom is -0.393 e. The maximum atomic E-state index is 10.2. The van der Waals surface area contributed by atoms with E-state index in [-0.39, 0.29) is 12.5 Å². The van der Waals surface area contributed by atoms with Crippen LogP contribution < -0.4 is 11.1 Å². The van der Waals surface area contributed by atoms with E-state index in [2.05, 4.69) is 22.4 Å². The molecule has 0 rings (SSSR count). The lowest BCUT2D eigenvalue weighted by Crippen LogP contribution is -2.34. The van der Waals surface area contributed by atoms with Gasteiger partial charge < -0.3 is 15.2 Å². The summed E-state index contributed by atoms with van der Waals surface area (Å²) in [5.74, 6) is -0.845. The summed E-state index contributed by atoms with van der Waals surface area (Å²) >= 11 is 3.22. The van der Waals surface area contributed by atoms with Crippen molar-refractivity contribution >= 4 is 24.8 Å². The quantitative estimate of drug-likeness (QED) is 0.173. The molecule has 52 valence electrons. The fourth-order valence-corrected chi connectivity index (χ4v) is 0.264. The minimum atomic E-state index is -0.575. The first-order chi connectivity index (χ1) is 4.16. The average molecular weight is 149 g/mol. The summed E-state index contributed by atoms with van der Waals surface area (Å²) < 4.78 is 3.94. The van der Waals surface area contributed by atoms with Gasteiger partial charge in [-0.05, 0) is 0 Å². The van der Waals surface area contributed by atoms with Gasteiger partial charge in [0, 0.05) is 12.9 Å². The summed E-state index contributed by atoms with van der Waals surface area (Å²) in [5.41, 5.74) is 4.83. The van der Waals surface area contributed by atoms with Crippen LogP contribution in [0.15, 0.2) is 0 Å². The Labute approximate surface area is 57.7 Å². The van der Waals surface area contributed by atoms with Gasteiger partial charge in [-0.25, -0.2) is 4.79 Å². The standard InChI is InChI=1S/C3H7N3O2S/c4-3(5)6-1-2(7)8-9/h9H,1H2,(H4,4,5,6). The molecule has 0 unspecified atom stereocenters. The highest BCUT2D eigenvalue weighted by Crippen LogP contribution is 1.77. The topological polar surface area (TPSA) is 88.2 Å². The van der Waals surface area contributed by atoms with Crippen LogP contribution in [0.1, 0.15) is 0 Å². The molecule has 0 aromatic carbocycles. The Morgan fingerprint density at radius 3 is 2.78 bits per heavy atom. The smallest absolute Gasteiger partial charge is 0.337 e. The molecule has 0 atom stereocenters. The molecule has 0 heterocycles. The average Bonchev–Trinajstić information content (AvgIpc) is 1.83. The van der Waals surface area contributed by atoms with Crippen molar-refractivity contribution in [1.82, 2.24) is 5.32 Å². The van der Waals surface area contributed by atoms with Crippen molar-refractivity contribution in [3.63, 3.8) is 0 Å². The normalized spacial score (nSPS) is 8.11. The summed E-state index contributed by atoms with van der Waals surface area (Å²) in [7, 11) is 0. The number of rotatable bonds is 2. The molecule has 4 N–H and O–H groups in total. The summed E-state index contributed by atoms with van der Waals surface area (Å²) in [6.45, 7) is -0.126. The highest BCUT2D eigenvalue weighted by atomic mass is 32.1. The Morgan fingerprint density at radius 1 is 1.89 bits per heavy atom. The molecule has 0 aromatic rings. The van der Waals surface area contributed by atoms with E-state index in [1.54, 1.807) is 0 Å². The summed E-state index contributed by atoms with van der Waals surface area (Å²) in [4.78, 5) is 10.2. The van der Waals surface area contributed by atoms with E-state index in [0.717, 1.165) is 0 Å². The van der Waals surface area contributed by atoms with Crippen LogP contribution in [0.4, 0.5) is 0 Å². The van der Waals surface area contributed by atoms with Crippen LogP contribution >= 0.6 is 12.9 Å². The predicted octanol–water partition coefficient (Wildman–Crippen LogP) is -1.14. The molecule has 0 aliphatic heterocycles. The monoisotopic (exact) mass is 149 g/mol. The van der Waals surface area contributed by atoms with E-state index in [1.165, 1.54) is 0 Å². The molecular weight excluding hydrogens is 142 g/mol. The SMILES string of the molecule is N=C(N)NCC(=O)OS. The molecule has 5 nitrogen and oxygen atoms in total. The van der Waals surface area contributed by atoms with Crippen molar-refractivity contribution < 1.29 is 8.98 Å². The van der Waals surface area contributed by atoms with Crippen molar-refractivity contribution in [1.29, 1.82) is 5.41 Å². The van der Waals surface area contributed by atoms with Gasteiger partial charge in [0.25, 0.3) is 0 Å². The zero-order chi connectivity index (χ0) is 7.28. The highest BCUT2D eigenvalue weighted by Gasteiger charge is 1.97. The number of nitrogens with two attached hydrogens (primary N) is 1. The van der Waals surface area contributed by atoms with Crippen LogP contribution in [0.25, 0.3) is 0 Å². The second kappa shape index (κ2) is 4.02. The fourth-order valence-electron chi connectivity index (χ4n) is 0.200. The van der Waals surface area contributed by atoms with E-state index in [1.807, 2.05) is 0 Å². The van der Waals surface area contributed by atoms with Gasteiger partial charge in [-0.2, -0.15) is 0 Å². The van der Waals surface area contributed by atoms with Crippen LogP contribution in [0.2, 0.25) is 0 Å². The number of carbonyl (C=O) groups excluding carboxylic acids is 1. The van der Waals surface area contributed by atoms with Gasteiger partial charge >= 0.3 is 5.97 Å². The van der Waals surface area contributed by atoms with Gasteiger partial charge in [-0.15, -0.1) is 0 Å². The molecule has 0 radical (unpaired) electrons. The number of hydrogen-bond donors (Lipinski definition) is 4. The largest absolute Gasteiger partial charge is 0.393 e. The fraction of sp³-hybridized carbons (Fsp3) is 0.333. The molecule has 0 bridgehead atoms. The zero-order valence-corrected chi connectivity index (χ0v) is 5.44. The first-order valence-electron chi connectivity index (χ1n) is 2.09. The molecule has 0 aromatic heterocycles. The lowest BCUT2D eigenvalue weighted by atomic mass is 10.6. The van der Waals surface area contributed by atoms with Crippen molar-refractivity contribution in [2.24, 2.45) is 5.73 Å². The molecule has 0 amide bonds. The number of nitrogens with one attached hydrogen (secondary N) is 2. The van der Waals surface area contributed by atoms with Gasteiger partial charge in [-0.3, -0.25) is 5.41 Å². The van der Waals surface area contributed by atoms with Crippen LogP contribution in [-0.2, 0) is 8.98 Å². The van der Waals surface area contributed by atoms with Crippen molar-refractivity contribution in [2.45, 2.75) is 0 Å². The molecule has 0 spiro atoms. The summed E-state index contributed by atoms with van der Waals surface area (Å²) in [6.07, 6.45) is 0. The Morgan fingerprint density at radius 2 is 2.44 bits per heavy atom. The van der Waals surface area contributed by atoms with Gasteiger partial charge in [0.05, 0.1) is 0 Å². The Balaban J connectivity index is 3.28. The van der Waals surface area contributed by atoms with Crippen LogP contribution in [-0.4, -0.2) is 18.5 Å². The second-order valence-corrected chi connectivity index (χ2v) is 1.41. The molecule has 0 aliphatic rings. The van der Waals surface area contributed by atoms with Crippen LogP contribution in [0, 0.1) is 5.41 Å². The Hall–Kier alpha value is -0.910. The molecule has 6 heteroatoms. The lowest BCUT2D eigenvalue weighted by molar-refractivity contribution is -0.131. The third kappa shape index (κ3) is 4.95. The molecule has 0 saturated carbocycles. The highest BCUT2D eigenvalue weighted by molar-refractivity contribution is 7.75. The van der Waals surface area contributed by atoms with Crippen LogP contribution in [0.3, 0.4) is 0 Å².